The lowest BCUT2D eigenvalue weighted by molar-refractivity contribution is 0.757. The van der Waals surface area contributed by atoms with E-state index < -0.39 is 0 Å². The predicted octanol–water partition coefficient (Wildman–Crippen LogP) is 3.89. The van der Waals surface area contributed by atoms with Gasteiger partial charge in [-0.2, -0.15) is 0 Å². The minimum absolute atomic E-state index is 0.746. The van der Waals surface area contributed by atoms with Gasteiger partial charge in [-0.1, -0.05) is 23.7 Å². The quantitative estimate of drug-likeness (QED) is 0.788. The molecule has 0 amide bonds. The van der Waals surface area contributed by atoms with Gasteiger partial charge in [0.25, 0.3) is 0 Å². The van der Waals surface area contributed by atoms with E-state index >= 15 is 0 Å². The van der Waals surface area contributed by atoms with Crippen LogP contribution in [0.3, 0.4) is 0 Å². The van der Waals surface area contributed by atoms with Crippen molar-refractivity contribution in [2.24, 2.45) is 0 Å². The first-order valence-electron chi connectivity index (χ1n) is 4.76. The van der Waals surface area contributed by atoms with Crippen LogP contribution in [0.1, 0.15) is 6.92 Å². The van der Waals surface area contributed by atoms with Crippen LogP contribution in [0.15, 0.2) is 30.5 Å². The number of rotatable bonds is 2. The smallest absolute Gasteiger partial charge is 0.177 e. The SMILES string of the molecule is CCn1c(-c2ccc(Cl)cc2)c[nH]c1=S. The summed E-state index contributed by atoms with van der Waals surface area (Å²) in [5, 5.41) is 0.746. The number of halogens is 1. The van der Waals surface area contributed by atoms with Crippen molar-refractivity contribution in [2.75, 3.05) is 0 Å². The van der Waals surface area contributed by atoms with Crippen LogP contribution in [0, 0.1) is 4.77 Å². The highest BCUT2D eigenvalue weighted by atomic mass is 35.5. The van der Waals surface area contributed by atoms with Gasteiger partial charge in [-0.3, -0.25) is 0 Å². The third-order valence-electron chi connectivity index (χ3n) is 2.32. The normalized spacial score (nSPS) is 10.5. The average Bonchev–Trinajstić information content (AvgIpc) is 2.61. The van der Waals surface area contributed by atoms with Gasteiger partial charge in [-0.15, -0.1) is 0 Å². The van der Waals surface area contributed by atoms with Gasteiger partial charge in [-0.05, 0) is 36.8 Å². The molecule has 0 radical (unpaired) electrons. The third kappa shape index (κ3) is 1.98. The lowest BCUT2D eigenvalue weighted by Crippen LogP contribution is -1.96. The van der Waals surface area contributed by atoms with Gasteiger partial charge in [0.2, 0.25) is 0 Å². The van der Waals surface area contributed by atoms with Crippen LogP contribution in [0.2, 0.25) is 5.02 Å². The molecule has 0 aliphatic carbocycles. The first-order valence-corrected chi connectivity index (χ1v) is 5.55. The number of imidazole rings is 1. The topological polar surface area (TPSA) is 20.7 Å². The fourth-order valence-corrected chi connectivity index (χ4v) is 1.98. The maximum atomic E-state index is 5.84. The van der Waals surface area contributed by atoms with Gasteiger partial charge in [0, 0.05) is 17.8 Å². The fourth-order valence-electron chi connectivity index (χ4n) is 1.57. The Morgan fingerprint density at radius 3 is 2.60 bits per heavy atom. The van der Waals surface area contributed by atoms with E-state index in [0.29, 0.717) is 0 Å². The van der Waals surface area contributed by atoms with Crippen molar-refractivity contribution in [1.29, 1.82) is 0 Å². The second-order valence-electron chi connectivity index (χ2n) is 3.23. The number of nitrogens with zero attached hydrogens (tertiary/aromatic N) is 1. The Balaban J connectivity index is 2.54. The summed E-state index contributed by atoms with van der Waals surface area (Å²) >= 11 is 11.0. The number of benzene rings is 1. The van der Waals surface area contributed by atoms with Crippen molar-refractivity contribution in [3.63, 3.8) is 0 Å². The molecule has 0 saturated heterocycles. The van der Waals surface area contributed by atoms with Crippen molar-refractivity contribution in [1.82, 2.24) is 9.55 Å². The van der Waals surface area contributed by atoms with Gasteiger partial charge in [-0.25, -0.2) is 0 Å². The molecule has 78 valence electrons. The van der Waals surface area contributed by atoms with Gasteiger partial charge in [0.05, 0.1) is 5.69 Å². The van der Waals surface area contributed by atoms with Crippen LogP contribution < -0.4 is 0 Å². The summed E-state index contributed by atoms with van der Waals surface area (Å²) in [7, 11) is 0. The summed E-state index contributed by atoms with van der Waals surface area (Å²) in [6.45, 7) is 2.93. The predicted molar refractivity (Wildman–Crippen MR) is 65.7 cm³/mol. The zero-order valence-corrected chi connectivity index (χ0v) is 9.90. The van der Waals surface area contributed by atoms with Crippen molar-refractivity contribution in [2.45, 2.75) is 13.5 Å². The minimum atomic E-state index is 0.746. The van der Waals surface area contributed by atoms with Crippen molar-refractivity contribution in [3.05, 3.63) is 40.3 Å². The fraction of sp³-hybridized carbons (Fsp3) is 0.182. The minimum Gasteiger partial charge on any atom is -0.337 e. The average molecular weight is 239 g/mol. The monoisotopic (exact) mass is 238 g/mol. The molecule has 2 nitrogen and oxygen atoms in total. The number of aromatic amines is 1. The second kappa shape index (κ2) is 4.21. The van der Waals surface area contributed by atoms with Gasteiger partial charge < -0.3 is 9.55 Å². The summed E-state index contributed by atoms with van der Waals surface area (Å²) in [6, 6.07) is 7.75. The van der Waals surface area contributed by atoms with Gasteiger partial charge in [0.1, 0.15) is 0 Å². The molecule has 0 fully saturated rings. The first-order chi connectivity index (χ1) is 7.22. The van der Waals surface area contributed by atoms with Crippen LogP contribution in [-0.4, -0.2) is 9.55 Å². The van der Waals surface area contributed by atoms with Crippen LogP contribution in [0.5, 0.6) is 0 Å². The molecule has 2 rings (SSSR count). The third-order valence-corrected chi connectivity index (χ3v) is 2.91. The van der Waals surface area contributed by atoms with E-state index in [1.807, 2.05) is 30.5 Å². The molecule has 0 bridgehead atoms. The molecule has 0 aliphatic heterocycles. The van der Waals surface area contributed by atoms with Crippen LogP contribution in [-0.2, 0) is 6.54 Å². The van der Waals surface area contributed by atoms with Crippen molar-refractivity contribution >= 4 is 23.8 Å². The number of hydrogen-bond acceptors (Lipinski definition) is 1. The molecule has 0 saturated carbocycles. The molecule has 1 N–H and O–H groups in total. The van der Waals surface area contributed by atoms with Crippen LogP contribution in [0.4, 0.5) is 0 Å². The molecule has 1 heterocycles. The molecule has 1 aromatic carbocycles. The molecule has 0 spiro atoms. The summed E-state index contributed by atoms with van der Waals surface area (Å²) in [6.07, 6.45) is 1.93. The highest BCUT2D eigenvalue weighted by Crippen LogP contribution is 2.21. The molecule has 4 heteroatoms. The van der Waals surface area contributed by atoms with E-state index in [1.165, 1.54) is 0 Å². The number of H-pyrrole nitrogens is 1. The van der Waals surface area contributed by atoms with E-state index in [1.54, 1.807) is 0 Å². The Hall–Kier alpha value is -1.06. The summed E-state index contributed by atoms with van der Waals surface area (Å²) in [5.41, 5.74) is 2.22. The van der Waals surface area contributed by atoms with Crippen molar-refractivity contribution in [3.8, 4) is 11.3 Å². The Morgan fingerprint density at radius 1 is 1.33 bits per heavy atom. The van der Waals surface area contributed by atoms with E-state index in [2.05, 4.69) is 16.5 Å². The van der Waals surface area contributed by atoms with Gasteiger partial charge >= 0.3 is 0 Å². The van der Waals surface area contributed by atoms with Crippen LogP contribution in [0.25, 0.3) is 11.3 Å². The van der Waals surface area contributed by atoms with Gasteiger partial charge in [0.15, 0.2) is 4.77 Å². The Morgan fingerprint density at radius 2 is 2.00 bits per heavy atom. The van der Waals surface area contributed by atoms with E-state index in [9.17, 15) is 0 Å². The summed E-state index contributed by atoms with van der Waals surface area (Å²) < 4.78 is 2.81. The lowest BCUT2D eigenvalue weighted by Gasteiger charge is -2.04. The largest absolute Gasteiger partial charge is 0.337 e. The second-order valence-corrected chi connectivity index (χ2v) is 4.05. The number of hydrogen-bond donors (Lipinski definition) is 1. The summed E-state index contributed by atoms with van der Waals surface area (Å²) in [4.78, 5) is 3.05. The molecule has 0 aliphatic rings. The van der Waals surface area contributed by atoms with E-state index in [-0.39, 0.29) is 0 Å². The molecular formula is C11H11ClN2S. The molecule has 0 atom stereocenters. The Labute approximate surface area is 98.5 Å². The first kappa shape index (κ1) is 10.5. The highest BCUT2D eigenvalue weighted by Gasteiger charge is 2.04. The maximum absolute atomic E-state index is 5.84. The molecule has 1 aromatic heterocycles. The van der Waals surface area contributed by atoms with E-state index in [4.69, 9.17) is 23.8 Å². The van der Waals surface area contributed by atoms with E-state index in [0.717, 1.165) is 27.6 Å². The summed E-state index contributed by atoms with van der Waals surface area (Å²) in [5.74, 6) is 0. The van der Waals surface area contributed by atoms with Crippen LogP contribution >= 0.6 is 23.8 Å². The molecule has 2 aromatic rings. The standard InChI is InChI=1S/C11H11ClN2S/c1-2-14-10(7-13-11(14)15)8-3-5-9(12)6-4-8/h3-7H,2H2,1H3,(H,13,15). The zero-order chi connectivity index (χ0) is 10.8. The Bertz CT molecular complexity index is 510. The highest BCUT2D eigenvalue weighted by molar-refractivity contribution is 7.71. The number of aromatic nitrogens is 2. The zero-order valence-electron chi connectivity index (χ0n) is 8.33. The Kier molecular flexibility index (Phi) is 2.93. The lowest BCUT2D eigenvalue weighted by atomic mass is 10.2. The van der Waals surface area contributed by atoms with Crippen molar-refractivity contribution < 1.29 is 0 Å². The number of nitrogens with one attached hydrogen (secondary N) is 1. The molecular weight excluding hydrogens is 228 g/mol. The molecule has 0 unspecified atom stereocenters. The maximum Gasteiger partial charge on any atom is 0.177 e. The molecule has 15 heavy (non-hydrogen) atoms.